The monoisotopic (exact) mass is 574 g/mol. The number of hydrogen-bond donors (Lipinski definition) is 3. The molecular formula is C27H34N4O10. The highest BCUT2D eigenvalue weighted by Crippen LogP contribution is 2.24. The summed E-state index contributed by atoms with van der Waals surface area (Å²) < 4.78 is 15.4. The number of benzene rings is 1. The predicted octanol–water partition coefficient (Wildman–Crippen LogP) is 2.00. The number of amides is 3. The fourth-order valence-corrected chi connectivity index (χ4v) is 3.64. The second-order valence-electron chi connectivity index (χ2n) is 9.13. The zero-order valence-corrected chi connectivity index (χ0v) is 23.3. The van der Waals surface area contributed by atoms with Gasteiger partial charge in [-0.2, -0.15) is 0 Å². The summed E-state index contributed by atoms with van der Waals surface area (Å²) in [7, 11) is 0. The van der Waals surface area contributed by atoms with Gasteiger partial charge in [0.25, 0.3) is 5.69 Å². The van der Waals surface area contributed by atoms with Gasteiger partial charge in [-0.25, -0.2) is 4.79 Å². The van der Waals surface area contributed by atoms with Crippen molar-refractivity contribution >= 4 is 52.4 Å². The minimum Gasteiger partial charge on any atom is -0.466 e. The molecule has 0 radical (unpaired) electrons. The van der Waals surface area contributed by atoms with Gasteiger partial charge in [0.2, 0.25) is 17.7 Å². The number of rotatable bonds is 15. The van der Waals surface area contributed by atoms with Crippen molar-refractivity contribution in [1.29, 1.82) is 0 Å². The van der Waals surface area contributed by atoms with Gasteiger partial charge in [-0.05, 0) is 44.4 Å². The fourth-order valence-electron chi connectivity index (χ4n) is 3.64. The molecule has 0 aliphatic rings. The highest BCUT2D eigenvalue weighted by molar-refractivity contribution is 5.96. The largest absolute Gasteiger partial charge is 0.466 e. The summed E-state index contributed by atoms with van der Waals surface area (Å²) in [5.41, 5.74) is 0.304. The molecule has 0 fully saturated rings. The lowest BCUT2D eigenvalue weighted by Gasteiger charge is -2.24. The summed E-state index contributed by atoms with van der Waals surface area (Å²) in [6.45, 7) is 6.42. The highest BCUT2D eigenvalue weighted by atomic mass is 16.6. The van der Waals surface area contributed by atoms with Gasteiger partial charge >= 0.3 is 11.9 Å². The van der Waals surface area contributed by atoms with Gasteiger partial charge in [-0.3, -0.25) is 29.3 Å². The van der Waals surface area contributed by atoms with E-state index in [0.717, 1.165) is 6.08 Å². The topological polar surface area (TPSA) is 196 Å². The Morgan fingerprint density at radius 3 is 2.39 bits per heavy atom. The number of furan rings is 1. The number of carbonyl (C=O) groups is 5. The van der Waals surface area contributed by atoms with E-state index >= 15 is 0 Å². The summed E-state index contributed by atoms with van der Waals surface area (Å²) in [6.07, 6.45) is 2.30. The van der Waals surface area contributed by atoms with Crippen LogP contribution in [0.3, 0.4) is 0 Å². The molecule has 0 saturated heterocycles. The molecule has 0 aliphatic heterocycles. The van der Waals surface area contributed by atoms with Gasteiger partial charge in [-0.15, -0.1) is 0 Å². The molecule has 2 rings (SSSR count). The Morgan fingerprint density at radius 2 is 1.76 bits per heavy atom. The lowest BCUT2D eigenvalue weighted by molar-refractivity contribution is -0.384. The van der Waals surface area contributed by atoms with Gasteiger partial charge in [-0.1, -0.05) is 13.8 Å². The van der Waals surface area contributed by atoms with E-state index in [1.54, 1.807) is 27.7 Å². The van der Waals surface area contributed by atoms with E-state index in [1.165, 1.54) is 30.3 Å². The molecule has 3 amide bonds. The van der Waals surface area contributed by atoms with Gasteiger partial charge in [0, 0.05) is 30.0 Å². The zero-order chi connectivity index (χ0) is 30.5. The Labute approximate surface area is 235 Å². The fraction of sp³-hybridized carbons (Fsp3) is 0.444. The number of ether oxygens (including phenoxy) is 2. The van der Waals surface area contributed by atoms with Crippen LogP contribution in [0.5, 0.6) is 0 Å². The molecule has 3 N–H and O–H groups in total. The lowest BCUT2D eigenvalue weighted by Crippen LogP contribution is -2.55. The van der Waals surface area contributed by atoms with Crippen LogP contribution in [0.15, 0.2) is 34.8 Å². The second kappa shape index (κ2) is 15.7. The Morgan fingerprint density at radius 1 is 1.05 bits per heavy atom. The van der Waals surface area contributed by atoms with Crippen molar-refractivity contribution in [3.8, 4) is 0 Å². The van der Waals surface area contributed by atoms with Crippen LogP contribution < -0.4 is 16.0 Å². The van der Waals surface area contributed by atoms with Crippen LogP contribution >= 0.6 is 0 Å². The number of fused-ring (bicyclic) bond motifs is 1. The molecule has 222 valence electrons. The van der Waals surface area contributed by atoms with Crippen LogP contribution in [0.25, 0.3) is 17.0 Å². The van der Waals surface area contributed by atoms with Gasteiger partial charge in [0.1, 0.15) is 23.4 Å². The van der Waals surface area contributed by atoms with Crippen molar-refractivity contribution in [3.05, 3.63) is 46.2 Å². The van der Waals surface area contributed by atoms with Gasteiger partial charge in [0.15, 0.2) is 0 Å². The first-order valence-electron chi connectivity index (χ1n) is 13.0. The maximum Gasteiger partial charge on any atom is 0.328 e. The summed E-state index contributed by atoms with van der Waals surface area (Å²) >= 11 is 0. The van der Waals surface area contributed by atoms with E-state index in [2.05, 4.69) is 16.0 Å². The molecule has 14 nitrogen and oxygen atoms in total. The Balaban J connectivity index is 1.94. The van der Waals surface area contributed by atoms with Crippen LogP contribution in [0.2, 0.25) is 0 Å². The summed E-state index contributed by atoms with van der Waals surface area (Å²) in [5.74, 6) is -3.30. The molecule has 0 unspecified atom stereocenters. The third-order valence-corrected chi connectivity index (χ3v) is 5.65. The third kappa shape index (κ3) is 10.4. The molecular weight excluding hydrogens is 540 g/mol. The summed E-state index contributed by atoms with van der Waals surface area (Å²) in [6, 6.07) is 3.45. The standard InChI is InChI=1S/C27H34N4O10/c1-5-39-24(34)12-9-20(27(36)40-6-2)29-26(35)25(16(3)4)30-23(33)15-28-22(32)11-8-19-14-17-13-18(31(37)38)7-10-21(17)41-19/h7-8,10-11,13-14,16,20,25H,5-6,9,12,15H2,1-4H3,(H,28,32)(H,29,35)(H,30,33)/b11-8+/t20-,25+/m1/s1. The van der Waals surface area contributed by atoms with Crippen LogP contribution in [-0.2, 0) is 33.4 Å². The Bertz CT molecular complexity index is 1300. The molecule has 1 aromatic heterocycles. The van der Waals surface area contributed by atoms with E-state index in [1.807, 2.05) is 0 Å². The molecule has 2 aromatic rings. The van der Waals surface area contributed by atoms with Crippen molar-refractivity contribution in [2.24, 2.45) is 5.92 Å². The number of nitro groups is 1. The molecule has 1 aromatic carbocycles. The zero-order valence-electron chi connectivity index (χ0n) is 23.3. The van der Waals surface area contributed by atoms with E-state index in [-0.39, 0.29) is 43.4 Å². The first-order chi connectivity index (χ1) is 19.4. The minimum atomic E-state index is -1.13. The van der Waals surface area contributed by atoms with E-state index in [0.29, 0.717) is 11.0 Å². The highest BCUT2D eigenvalue weighted by Gasteiger charge is 2.30. The van der Waals surface area contributed by atoms with Gasteiger partial charge in [0.05, 0.1) is 24.7 Å². The van der Waals surface area contributed by atoms with Crippen molar-refractivity contribution in [2.45, 2.75) is 52.6 Å². The first-order valence-corrected chi connectivity index (χ1v) is 13.0. The van der Waals surface area contributed by atoms with E-state index in [4.69, 9.17) is 13.9 Å². The molecule has 0 bridgehead atoms. The maximum atomic E-state index is 12.9. The number of esters is 2. The number of non-ortho nitro benzene ring substituents is 1. The third-order valence-electron chi connectivity index (χ3n) is 5.65. The number of hydrogen-bond acceptors (Lipinski definition) is 10. The van der Waals surface area contributed by atoms with E-state index < -0.39 is 53.2 Å². The smallest absolute Gasteiger partial charge is 0.328 e. The number of nitrogens with zero attached hydrogens (tertiary/aromatic N) is 1. The van der Waals surface area contributed by atoms with Crippen LogP contribution in [0.1, 0.15) is 46.3 Å². The lowest BCUT2D eigenvalue weighted by atomic mass is 10.0. The average molecular weight is 575 g/mol. The summed E-state index contributed by atoms with van der Waals surface area (Å²) in [5, 5.41) is 18.9. The van der Waals surface area contributed by atoms with Crippen LogP contribution in [0, 0.1) is 16.0 Å². The van der Waals surface area contributed by atoms with Crippen LogP contribution in [0.4, 0.5) is 5.69 Å². The quantitative estimate of drug-likeness (QED) is 0.122. The molecule has 41 heavy (non-hydrogen) atoms. The van der Waals surface area contributed by atoms with Crippen molar-refractivity contribution < 1.29 is 42.8 Å². The van der Waals surface area contributed by atoms with Crippen molar-refractivity contribution in [2.75, 3.05) is 19.8 Å². The molecule has 0 aliphatic carbocycles. The summed E-state index contributed by atoms with van der Waals surface area (Å²) in [4.78, 5) is 72.1. The second-order valence-corrected chi connectivity index (χ2v) is 9.13. The SMILES string of the molecule is CCOC(=O)CC[C@@H](NC(=O)[C@@H](NC(=O)CNC(=O)/C=C/c1cc2cc([N+](=O)[O-])ccc2o1)C(C)C)C(=O)OCC. The average Bonchev–Trinajstić information content (AvgIpc) is 3.33. The molecule has 2 atom stereocenters. The molecule has 0 saturated carbocycles. The van der Waals surface area contributed by atoms with Crippen molar-refractivity contribution in [3.63, 3.8) is 0 Å². The normalized spacial score (nSPS) is 12.5. The molecule has 1 heterocycles. The Kier molecular flexibility index (Phi) is 12.5. The molecule has 0 spiro atoms. The first kappa shape index (κ1) is 32.5. The number of nitrogens with one attached hydrogen (secondary N) is 3. The van der Waals surface area contributed by atoms with E-state index in [9.17, 15) is 34.1 Å². The maximum absolute atomic E-state index is 12.9. The predicted molar refractivity (Wildman–Crippen MR) is 146 cm³/mol. The molecule has 14 heteroatoms. The minimum absolute atomic E-state index is 0.0489. The van der Waals surface area contributed by atoms with Crippen LogP contribution in [-0.4, -0.2) is 66.4 Å². The number of carbonyl (C=O) groups excluding carboxylic acids is 5. The Hall–Kier alpha value is -4.75. The van der Waals surface area contributed by atoms with Crippen molar-refractivity contribution in [1.82, 2.24) is 16.0 Å². The van der Waals surface area contributed by atoms with Gasteiger partial charge < -0.3 is 29.8 Å². The number of nitro benzene ring substituents is 1.